The Kier molecular flexibility index (Phi) is 4.14. The molecule has 0 aromatic rings. The van der Waals surface area contributed by atoms with Crippen LogP contribution in [0.3, 0.4) is 0 Å². The van der Waals surface area contributed by atoms with Gasteiger partial charge in [0, 0.05) is 0 Å². The van der Waals surface area contributed by atoms with Gasteiger partial charge in [-0.15, -0.1) is 0 Å². The van der Waals surface area contributed by atoms with Crippen LogP contribution in [-0.4, -0.2) is 0 Å². The predicted octanol–water partition coefficient (Wildman–Crippen LogP) is 8.50. The second-order valence-electron chi connectivity index (χ2n) is 14.2. The summed E-state index contributed by atoms with van der Waals surface area (Å²) < 4.78 is 0. The largest absolute Gasteiger partial charge is 0.0620 e. The first-order valence-corrected chi connectivity index (χ1v) is 13.0. The van der Waals surface area contributed by atoms with Crippen LogP contribution in [0.25, 0.3) is 0 Å². The Morgan fingerprint density at radius 3 is 1.68 bits per heavy atom. The van der Waals surface area contributed by atoms with Crippen LogP contribution in [0.2, 0.25) is 0 Å². The first-order chi connectivity index (χ1) is 13.0. The van der Waals surface area contributed by atoms with Crippen LogP contribution in [0, 0.1) is 56.7 Å². The van der Waals surface area contributed by atoms with E-state index >= 15 is 0 Å². The molecule has 28 heavy (non-hydrogen) atoms. The van der Waals surface area contributed by atoms with Crippen molar-refractivity contribution in [1.29, 1.82) is 0 Å². The highest BCUT2D eigenvalue weighted by molar-refractivity contribution is 5.17. The molecule has 0 N–H and O–H groups in total. The molecule has 5 rings (SSSR count). The summed E-state index contributed by atoms with van der Waals surface area (Å²) in [5, 5.41) is 0. The number of rotatable bonds is 0. The lowest BCUT2D eigenvalue weighted by atomic mass is 9.33. The first kappa shape index (κ1) is 19.9. The van der Waals surface area contributed by atoms with Crippen molar-refractivity contribution in [1.82, 2.24) is 0 Å². The van der Waals surface area contributed by atoms with E-state index in [4.69, 9.17) is 0 Å². The van der Waals surface area contributed by atoms with Crippen LogP contribution in [0.15, 0.2) is 0 Å². The van der Waals surface area contributed by atoms with Crippen molar-refractivity contribution in [3.63, 3.8) is 0 Å². The Morgan fingerprint density at radius 2 is 1.00 bits per heavy atom. The van der Waals surface area contributed by atoms with Gasteiger partial charge in [-0.25, -0.2) is 0 Å². The number of hydrogen-bond donors (Lipinski definition) is 0. The second-order valence-corrected chi connectivity index (χ2v) is 14.2. The Bertz CT molecular complexity index is 646. The van der Waals surface area contributed by atoms with Crippen LogP contribution in [0.1, 0.15) is 119 Å². The molecule has 5 aliphatic rings. The maximum absolute atomic E-state index is 2.80. The Labute approximate surface area is 176 Å². The summed E-state index contributed by atoms with van der Waals surface area (Å²) in [5.74, 6) is 4.85. The van der Waals surface area contributed by atoms with E-state index in [0.29, 0.717) is 27.1 Å². The van der Waals surface area contributed by atoms with E-state index in [0.717, 1.165) is 29.6 Å². The van der Waals surface area contributed by atoms with Gasteiger partial charge in [-0.1, -0.05) is 54.9 Å². The fraction of sp³-hybridized carbons (Fsp3) is 1.00. The topological polar surface area (TPSA) is 0 Å². The highest BCUT2D eigenvalue weighted by Crippen LogP contribution is 2.76. The van der Waals surface area contributed by atoms with Crippen LogP contribution >= 0.6 is 0 Å². The molecule has 160 valence electrons. The van der Waals surface area contributed by atoms with Crippen molar-refractivity contribution in [3.05, 3.63) is 0 Å². The molecule has 5 saturated carbocycles. The van der Waals surface area contributed by atoms with E-state index in [2.05, 4.69) is 48.5 Å². The van der Waals surface area contributed by atoms with Gasteiger partial charge in [0.15, 0.2) is 0 Å². The zero-order valence-electron chi connectivity index (χ0n) is 20.2. The lowest BCUT2D eigenvalue weighted by Gasteiger charge is -2.71. The maximum Gasteiger partial charge on any atom is -0.0259 e. The van der Waals surface area contributed by atoms with Gasteiger partial charge < -0.3 is 0 Å². The smallest absolute Gasteiger partial charge is 0.0259 e. The minimum absolute atomic E-state index is 0.533. The van der Waals surface area contributed by atoms with Gasteiger partial charge >= 0.3 is 0 Å². The minimum Gasteiger partial charge on any atom is -0.0620 e. The Hall–Kier alpha value is 0. The standard InChI is InChI=1S/C28H48/c1-19-10-16-26(5)20(24(19,2)3)12-17-28(7)22-11-15-25(4)14-8-9-21(25)27(22,6)18-13-23(26)28/h19-23H,8-18H2,1-7H3/t19-,20?,21?,22?,23?,25+,26-,27+,28-/m0/s1. The number of hydrogen-bond acceptors (Lipinski definition) is 0. The third kappa shape index (κ3) is 2.25. The summed E-state index contributed by atoms with van der Waals surface area (Å²) >= 11 is 0. The molecular weight excluding hydrogens is 336 g/mol. The third-order valence-corrected chi connectivity index (χ3v) is 13.1. The van der Waals surface area contributed by atoms with E-state index in [-0.39, 0.29) is 0 Å². The molecule has 5 aliphatic carbocycles. The van der Waals surface area contributed by atoms with Gasteiger partial charge in [0.25, 0.3) is 0 Å². The minimum atomic E-state index is 0.533. The SMILES string of the molecule is C[C@H]1CC[C@@]2(C)C(CC[C@]3(C)C2CC[C@]2(C)C4CCC[C@]4(C)CCC32)C1(C)C. The summed E-state index contributed by atoms with van der Waals surface area (Å²) in [5.41, 5.74) is 3.05. The lowest BCUT2D eigenvalue weighted by Crippen LogP contribution is -2.64. The molecule has 9 atom stereocenters. The van der Waals surface area contributed by atoms with Crippen molar-refractivity contribution in [3.8, 4) is 0 Å². The van der Waals surface area contributed by atoms with Crippen LogP contribution < -0.4 is 0 Å². The average Bonchev–Trinajstić information content (AvgIpc) is 3.01. The lowest BCUT2D eigenvalue weighted by molar-refractivity contribution is -0.227. The summed E-state index contributed by atoms with van der Waals surface area (Å²) in [6, 6.07) is 0. The van der Waals surface area contributed by atoms with Crippen molar-refractivity contribution in [2.75, 3.05) is 0 Å². The average molecular weight is 385 g/mol. The molecule has 0 bridgehead atoms. The first-order valence-electron chi connectivity index (χ1n) is 13.0. The molecule has 0 nitrogen and oxygen atoms in total. The van der Waals surface area contributed by atoms with Gasteiger partial charge in [0.2, 0.25) is 0 Å². The zero-order chi connectivity index (χ0) is 20.2. The van der Waals surface area contributed by atoms with Crippen molar-refractivity contribution in [2.24, 2.45) is 56.7 Å². The monoisotopic (exact) mass is 384 g/mol. The van der Waals surface area contributed by atoms with Crippen molar-refractivity contribution in [2.45, 2.75) is 119 Å². The highest BCUT2D eigenvalue weighted by atomic mass is 14.7. The summed E-state index contributed by atoms with van der Waals surface area (Å²) in [6.07, 6.45) is 16.7. The quantitative estimate of drug-likeness (QED) is 0.392. The maximum atomic E-state index is 2.80. The van der Waals surface area contributed by atoms with Crippen LogP contribution in [0.4, 0.5) is 0 Å². The van der Waals surface area contributed by atoms with E-state index in [1.807, 2.05) is 0 Å². The molecule has 0 heterocycles. The Balaban J connectivity index is 1.52. The van der Waals surface area contributed by atoms with Crippen LogP contribution in [-0.2, 0) is 0 Å². The highest BCUT2D eigenvalue weighted by Gasteiger charge is 2.68. The van der Waals surface area contributed by atoms with E-state index < -0.39 is 0 Å². The van der Waals surface area contributed by atoms with Gasteiger partial charge in [-0.05, 0) is 121 Å². The summed E-state index contributed by atoms with van der Waals surface area (Å²) in [7, 11) is 0. The molecular formula is C28H48. The van der Waals surface area contributed by atoms with E-state index in [9.17, 15) is 0 Å². The molecule has 4 unspecified atom stereocenters. The van der Waals surface area contributed by atoms with E-state index in [1.165, 1.54) is 70.6 Å². The molecule has 0 radical (unpaired) electrons. The van der Waals surface area contributed by atoms with Gasteiger partial charge in [-0.2, -0.15) is 0 Å². The third-order valence-electron chi connectivity index (χ3n) is 13.1. The molecule has 0 aromatic heterocycles. The zero-order valence-corrected chi connectivity index (χ0v) is 20.2. The van der Waals surface area contributed by atoms with Gasteiger partial charge in [-0.3, -0.25) is 0 Å². The normalized spacial score (nSPS) is 60.3. The number of fused-ring (bicyclic) bond motifs is 7. The summed E-state index contributed by atoms with van der Waals surface area (Å²) in [6.45, 7) is 18.8. The van der Waals surface area contributed by atoms with Gasteiger partial charge in [0.05, 0.1) is 0 Å². The van der Waals surface area contributed by atoms with Crippen LogP contribution in [0.5, 0.6) is 0 Å². The second kappa shape index (κ2) is 5.82. The van der Waals surface area contributed by atoms with Crippen molar-refractivity contribution >= 4 is 0 Å². The fourth-order valence-electron chi connectivity index (χ4n) is 11.4. The fourth-order valence-corrected chi connectivity index (χ4v) is 11.4. The molecule has 0 aromatic carbocycles. The molecule has 0 saturated heterocycles. The summed E-state index contributed by atoms with van der Waals surface area (Å²) in [4.78, 5) is 0. The molecule has 5 fully saturated rings. The Morgan fingerprint density at radius 1 is 0.500 bits per heavy atom. The van der Waals surface area contributed by atoms with E-state index in [1.54, 1.807) is 0 Å². The molecule has 0 heteroatoms. The molecule has 0 amide bonds. The van der Waals surface area contributed by atoms with Crippen molar-refractivity contribution < 1.29 is 0 Å². The van der Waals surface area contributed by atoms with Gasteiger partial charge in [0.1, 0.15) is 0 Å². The molecule has 0 aliphatic heterocycles. The predicted molar refractivity (Wildman–Crippen MR) is 120 cm³/mol. The molecule has 0 spiro atoms.